The number of hydrogen-bond acceptors (Lipinski definition) is 5. The monoisotopic (exact) mass is 329 g/mol. The van der Waals surface area contributed by atoms with Crippen LogP contribution in [0.2, 0.25) is 0 Å². The van der Waals surface area contributed by atoms with Crippen LogP contribution < -0.4 is 9.64 Å². The molecule has 128 valence electrons. The van der Waals surface area contributed by atoms with Crippen molar-refractivity contribution in [3.05, 3.63) is 59.7 Å². The van der Waals surface area contributed by atoms with Crippen LogP contribution in [0.15, 0.2) is 48.5 Å². The summed E-state index contributed by atoms with van der Waals surface area (Å²) in [5.41, 5.74) is 2.83. The van der Waals surface area contributed by atoms with E-state index >= 15 is 0 Å². The highest BCUT2D eigenvalue weighted by Gasteiger charge is 2.07. The van der Waals surface area contributed by atoms with E-state index < -0.39 is 0 Å². The molecule has 0 aliphatic rings. The predicted molar refractivity (Wildman–Crippen MR) is 93.8 cm³/mol. The Bertz CT molecular complexity index is 637. The van der Waals surface area contributed by atoms with Crippen molar-refractivity contribution in [1.82, 2.24) is 0 Å². The number of ether oxygens (including phenoxy) is 2. The summed E-state index contributed by atoms with van der Waals surface area (Å²) in [7, 11) is 3.52. The van der Waals surface area contributed by atoms with Crippen molar-refractivity contribution in [3.63, 3.8) is 0 Å². The molecule has 2 aromatic rings. The van der Waals surface area contributed by atoms with Crippen LogP contribution in [0.4, 0.5) is 5.69 Å². The number of rotatable bonds is 9. The summed E-state index contributed by atoms with van der Waals surface area (Å²) in [6, 6.07) is 15.3. The molecule has 2 aromatic carbocycles. The Balaban J connectivity index is 1.96. The quantitative estimate of drug-likeness (QED) is 0.717. The molecular formula is C19H23NO4. The Morgan fingerprint density at radius 3 is 2.33 bits per heavy atom. The number of aliphatic hydroxyl groups excluding tert-OH is 1. The van der Waals surface area contributed by atoms with Gasteiger partial charge in [0.05, 0.1) is 6.61 Å². The van der Waals surface area contributed by atoms with E-state index in [4.69, 9.17) is 14.6 Å². The van der Waals surface area contributed by atoms with Crippen LogP contribution in [-0.2, 0) is 11.3 Å². The number of hydrogen-bond donors (Lipinski definition) is 1. The van der Waals surface area contributed by atoms with Gasteiger partial charge in [-0.05, 0) is 42.0 Å². The normalized spacial score (nSPS) is 10.5. The summed E-state index contributed by atoms with van der Waals surface area (Å²) in [5, 5.41) is 8.75. The molecule has 0 bridgehead atoms. The first-order valence-electron chi connectivity index (χ1n) is 7.80. The fourth-order valence-electron chi connectivity index (χ4n) is 2.34. The van der Waals surface area contributed by atoms with Crippen LogP contribution in [0, 0.1) is 0 Å². The first-order chi connectivity index (χ1) is 11.6. The minimum atomic E-state index is -0.0230. The Morgan fingerprint density at radius 2 is 1.75 bits per heavy atom. The second-order valence-electron chi connectivity index (χ2n) is 5.48. The third-order valence-corrected chi connectivity index (χ3v) is 3.61. The van der Waals surface area contributed by atoms with E-state index in [0.29, 0.717) is 12.2 Å². The minimum Gasteiger partial charge on any atom is -0.491 e. The molecule has 0 heterocycles. The van der Waals surface area contributed by atoms with Crippen molar-refractivity contribution >= 4 is 11.5 Å². The van der Waals surface area contributed by atoms with E-state index in [1.54, 1.807) is 0 Å². The number of carbonyl (C=O) groups excluding carboxylic acids is 1. The van der Waals surface area contributed by atoms with Crippen LogP contribution >= 0.6 is 0 Å². The summed E-state index contributed by atoms with van der Waals surface area (Å²) < 4.78 is 10.2. The average molecular weight is 329 g/mol. The molecule has 0 radical (unpaired) electrons. The largest absolute Gasteiger partial charge is 0.491 e. The Labute approximate surface area is 142 Å². The van der Waals surface area contributed by atoms with Gasteiger partial charge in [-0.15, -0.1) is 0 Å². The van der Waals surface area contributed by atoms with Crippen LogP contribution in [-0.4, -0.2) is 44.9 Å². The Hall–Kier alpha value is -2.37. The molecule has 0 saturated carbocycles. The average Bonchev–Trinajstić information content (AvgIpc) is 2.61. The zero-order valence-electron chi connectivity index (χ0n) is 14.1. The highest BCUT2D eigenvalue weighted by molar-refractivity contribution is 5.97. The van der Waals surface area contributed by atoms with E-state index in [1.165, 1.54) is 7.11 Å². The second-order valence-corrected chi connectivity index (χ2v) is 5.48. The zero-order valence-corrected chi connectivity index (χ0v) is 14.1. The van der Waals surface area contributed by atoms with Gasteiger partial charge in [-0.25, -0.2) is 0 Å². The molecule has 0 aliphatic heterocycles. The van der Waals surface area contributed by atoms with Crippen LogP contribution in [0.3, 0.4) is 0 Å². The van der Waals surface area contributed by atoms with Crippen molar-refractivity contribution in [3.8, 4) is 5.75 Å². The Morgan fingerprint density at radius 1 is 1.08 bits per heavy atom. The lowest BCUT2D eigenvalue weighted by molar-refractivity contribution is 0.0848. The highest BCUT2D eigenvalue weighted by atomic mass is 16.5. The topological polar surface area (TPSA) is 59.0 Å². The number of aliphatic hydroxyl groups is 1. The maximum Gasteiger partial charge on any atom is 0.188 e. The number of methoxy groups -OCH3 is 1. The standard InChI is InChI=1S/C19H23NO4/c1-20(13-15-3-9-18(10-4-15)24-12-11-21)17-7-5-16(6-8-17)19(22)14-23-2/h3-10,21H,11-14H2,1-2H3. The first-order valence-corrected chi connectivity index (χ1v) is 7.80. The molecule has 0 spiro atoms. The van der Waals surface area contributed by atoms with Crippen LogP contribution in [0.5, 0.6) is 5.75 Å². The van der Waals surface area contributed by atoms with Gasteiger partial charge in [-0.1, -0.05) is 12.1 Å². The van der Waals surface area contributed by atoms with Crippen LogP contribution in [0.25, 0.3) is 0 Å². The fourth-order valence-corrected chi connectivity index (χ4v) is 2.34. The van der Waals surface area contributed by atoms with Gasteiger partial charge in [0, 0.05) is 32.0 Å². The van der Waals surface area contributed by atoms with E-state index in [2.05, 4.69) is 4.90 Å². The van der Waals surface area contributed by atoms with Gasteiger partial charge in [0.1, 0.15) is 19.0 Å². The lowest BCUT2D eigenvalue weighted by atomic mass is 10.1. The number of Topliss-reactive ketones (excluding diaryl/α,β-unsaturated/α-hetero) is 1. The summed E-state index contributed by atoms with van der Waals surface area (Å²) in [5.74, 6) is 0.724. The lowest BCUT2D eigenvalue weighted by Crippen LogP contribution is -2.16. The molecule has 0 aliphatic carbocycles. The summed E-state index contributed by atoms with van der Waals surface area (Å²) in [4.78, 5) is 13.9. The molecule has 1 N–H and O–H groups in total. The fraction of sp³-hybridized carbons (Fsp3) is 0.316. The van der Waals surface area contributed by atoms with Crippen molar-refractivity contribution in [2.75, 3.05) is 38.9 Å². The maximum atomic E-state index is 11.8. The van der Waals surface area contributed by atoms with Gasteiger partial charge in [0.25, 0.3) is 0 Å². The number of ketones is 1. The minimum absolute atomic E-state index is 0.00731. The van der Waals surface area contributed by atoms with Gasteiger partial charge < -0.3 is 19.5 Å². The number of anilines is 1. The van der Waals surface area contributed by atoms with Gasteiger partial charge in [0.2, 0.25) is 0 Å². The highest BCUT2D eigenvalue weighted by Crippen LogP contribution is 2.18. The number of nitrogens with zero attached hydrogens (tertiary/aromatic N) is 1. The second kappa shape index (κ2) is 9.05. The molecule has 0 saturated heterocycles. The van der Waals surface area contributed by atoms with Gasteiger partial charge in [-0.3, -0.25) is 4.79 Å². The summed E-state index contributed by atoms with van der Waals surface area (Å²) in [6.45, 7) is 1.15. The smallest absolute Gasteiger partial charge is 0.188 e. The lowest BCUT2D eigenvalue weighted by Gasteiger charge is -2.20. The van der Waals surface area contributed by atoms with E-state index in [-0.39, 0.29) is 19.0 Å². The van der Waals surface area contributed by atoms with Gasteiger partial charge in [-0.2, -0.15) is 0 Å². The molecule has 0 atom stereocenters. The third-order valence-electron chi connectivity index (χ3n) is 3.61. The predicted octanol–water partition coefficient (Wildman–Crippen LogP) is 2.52. The number of benzene rings is 2. The molecule has 0 fully saturated rings. The molecular weight excluding hydrogens is 306 g/mol. The third kappa shape index (κ3) is 5.08. The number of carbonyl (C=O) groups is 1. The van der Waals surface area contributed by atoms with E-state index in [0.717, 1.165) is 23.5 Å². The van der Waals surface area contributed by atoms with Crippen LogP contribution in [0.1, 0.15) is 15.9 Å². The Kier molecular flexibility index (Phi) is 6.78. The molecule has 0 amide bonds. The molecule has 2 rings (SSSR count). The maximum absolute atomic E-state index is 11.8. The zero-order chi connectivity index (χ0) is 17.4. The van der Waals surface area contributed by atoms with E-state index in [9.17, 15) is 4.79 Å². The molecule has 0 unspecified atom stereocenters. The van der Waals surface area contributed by atoms with Crippen molar-refractivity contribution in [2.24, 2.45) is 0 Å². The van der Waals surface area contributed by atoms with E-state index in [1.807, 2.05) is 55.6 Å². The van der Waals surface area contributed by atoms with Gasteiger partial charge >= 0.3 is 0 Å². The molecule has 5 nitrogen and oxygen atoms in total. The van der Waals surface area contributed by atoms with Crippen molar-refractivity contribution in [2.45, 2.75) is 6.54 Å². The molecule has 24 heavy (non-hydrogen) atoms. The molecule has 5 heteroatoms. The molecule has 0 aromatic heterocycles. The SMILES string of the molecule is COCC(=O)c1ccc(N(C)Cc2ccc(OCCO)cc2)cc1. The first kappa shape index (κ1) is 18.0. The summed E-state index contributed by atoms with van der Waals surface area (Å²) in [6.07, 6.45) is 0. The van der Waals surface area contributed by atoms with Gasteiger partial charge in [0.15, 0.2) is 5.78 Å². The summed E-state index contributed by atoms with van der Waals surface area (Å²) >= 11 is 0. The van der Waals surface area contributed by atoms with Crippen molar-refractivity contribution in [1.29, 1.82) is 0 Å². The van der Waals surface area contributed by atoms with Crippen molar-refractivity contribution < 1.29 is 19.4 Å².